The predicted molar refractivity (Wildman–Crippen MR) is 125 cm³/mol. The molecule has 5 nitrogen and oxygen atoms in total. The second-order valence-electron chi connectivity index (χ2n) is 9.25. The van der Waals surface area contributed by atoms with Crippen LogP contribution in [0.2, 0.25) is 0 Å². The summed E-state index contributed by atoms with van der Waals surface area (Å²) in [6.07, 6.45) is 6.66. The fraction of sp³-hybridized carbons (Fsp3) is 0.909. The summed E-state index contributed by atoms with van der Waals surface area (Å²) < 4.78 is 6.56. The Morgan fingerprint density at radius 2 is 1.75 bits per heavy atom. The highest BCUT2D eigenvalue weighted by Gasteiger charge is 2.44. The topological polar surface area (TPSA) is 72.6 Å². The maximum atomic E-state index is 12.9. The Labute approximate surface area is 177 Å². The molecule has 0 heterocycles. The van der Waals surface area contributed by atoms with Crippen LogP contribution in [0.1, 0.15) is 76.1 Å². The van der Waals surface area contributed by atoms with Gasteiger partial charge in [-0.25, -0.2) is 0 Å². The number of nitrogens with two attached hydrogens (primary N) is 1. The molecule has 5 atom stereocenters. The third-order valence-electron chi connectivity index (χ3n) is 6.34. The van der Waals surface area contributed by atoms with Crippen molar-refractivity contribution in [1.29, 1.82) is 0 Å². The molecule has 0 radical (unpaired) electrons. The first-order chi connectivity index (χ1) is 12.7. The van der Waals surface area contributed by atoms with Crippen LogP contribution in [0.5, 0.6) is 0 Å². The predicted octanol–water partition coefficient (Wildman–Crippen LogP) is 4.83. The average molecular weight is 421 g/mol. The Hall–Kier alpha value is -0.750. The summed E-state index contributed by atoms with van der Waals surface area (Å²) in [4.78, 5) is 26.9. The quantitative estimate of drug-likeness (QED) is 0.611. The Morgan fingerprint density at radius 3 is 2.04 bits per heavy atom. The van der Waals surface area contributed by atoms with Gasteiger partial charge in [0, 0.05) is 19.1 Å². The van der Waals surface area contributed by atoms with Crippen LogP contribution >= 0.6 is 10.3 Å². The van der Waals surface area contributed by atoms with Gasteiger partial charge in [-0.2, -0.15) is 0 Å². The first-order valence-electron chi connectivity index (χ1n) is 10.7. The van der Waals surface area contributed by atoms with Gasteiger partial charge in [-0.15, -0.1) is 10.3 Å². The highest BCUT2D eigenvalue weighted by Crippen LogP contribution is 2.55. The lowest BCUT2D eigenvalue weighted by Crippen LogP contribution is -2.58. The largest absolute Gasteiger partial charge is 0.368 e. The molecule has 0 bridgehead atoms. The van der Waals surface area contributed by atoms with E-state index in [9.17, 15) is 9.59 Å². The van der Waals surface area contributed by atoms with E-state index in [1.54, 1.807) is 11.9 Å². The van der Waals surface area contributed by atoms with Crippen molar-refractivity contribution in [2.45, 2.75) is 91.5 Å². The molecule has 0 aromatic heterocycles. The number of amides is 2. The van der Waals surface area contributed by atoms with Crippen molar-refractivity contribution in [3.8, 4) is 0 Å². The molecule has 28 heavy (non-hydrogen) atoms. The summed E-state index contributed by atoms with van der Waals surface area (Å²) in [7, 11) is 0.251. The minimum Gasteiger partial charge on any atom is -0.368 e. The van der Waals surface area contributed by atoms with E-state index in [0.717, 1.165) is 19.3 Å². The number of nitrogens with zero attached hydrogens (tertiary/aromatic N) is 1. The Morgan fingerprint density at radius 1 is 1.25 bits per heavy atom. The minimum absolute atomic E-state index is 0. The monoisotopic (exact) mass is 420 g/mol. The van der Waals surface area contributed by atoms with Gasteiger partial charge in [0.2, 0.25) is 11.8 Å². The highest BCUT2D eigenvalue weighted by molar-refractivity contribution is 8.29. The second kappa shape index (κ2) is 10.9. The SMILES string of the molecule is CC.CCC(C)C(OS(C)(C)C(C)(C)C)[C@@H](C(N)=O)N(C)C(=O)C1CCC1C.[HH]. The standard InChI is InChI=1S/C20H40N2O3S.C2H6.H2/c1-10-13(2)17(25-26(8,9)20(4,5)6)16(18(21)23)22(7)19(24)15-12-11-14(15)3;1-2;/h13-17H,10-12H2,1-9H3,(H2,21,23);1-2H3;1H/t13?,14?,15?,16-,17?;;/m0../s1. The van der Waals surface area contributed by atoms with Crippen molar-refractivity contribution in [3.63, 3.8) is 0 Å². The van der Waals surface area contributed by atoms with E-state index in [1.165, 1.54) is 0 Å². The van der Waals surface area contributed by atoms with Crippen LogP contribution in [0, 0.1) is 17.8 Å². The number of rotatable bonds is 8. The summed E-state index contributed by atoms with van der Waals surface area (Å²) >= 11 is 0. The minimum atomic E-state index is -1.46. The molecule has 0 aromatic carbocycles. The number of carbonyl (C=O) groups is 2. The zero-order valence-corrected chi connectivity index (χ0v) is 21.0. The van der Waals surface area contributed by atoms with E-state index in [-0.39, 0.29) is 23.9 Å². The summed E-state index contributed by atoms with van der Waals surface area (Å²) in [5, 5.41) is 0. The molecule has 2 N–H and O–H groups in total. The van der Waals surface area contributed by atoms with Gasteiger partial charge in [0.05, 0.1) is 0 Å². The van der Waals surface area contributed by atoms with Crippen LogP contribution in [-0.2, 0) is 13.8 Å². The molecule has 1 fully saturated rings. The van der Waals surface area contributed by atoms with Crippen molar-refractivity contribution in [1.82, 2.24) is 4.90 Å². The molecule has 2 amide bonds. The van der Waals surface area contributed by atoms with Gasteiger partial charge >= 0.3 is 0 Å². The maximum Gasteiger partial charge on any atom is 0.242 e. The van der Waals surface area contributed by atoms with Crippen LogP contribution in [-0.4, -0.2) is 53.2 Å². The second-order valence-corrected chi connectivity index (χ2v) is 13.1. The smallest absolute Gasteiger partial charge is 0.242 e. The fourth-order valence-electron chi connectivity index (χ4n) is 3.12. The van der Waals surface area contributed by atoms with E-state index >= 15 is 0 Å². The zero-order chi connectivity index (χ0) is 22.4. The van der Waals surface area contributed by atoms with Crippen LogP contribution in [0.25, 0.3) is 0 Å². The van der Waals surface area contributed by atoms with E-state index in [0.29, 0.717) is 5.92 Å². The average Bonchev–Trinajstić information content (AvgIpc) is 2.59. The lowest BCUT2D eigenvalue weighted by molar-refractivity contribution is -0.149. The van der Waals surface area contributed by atoms with Gasteiger partial charge in [0.15, 0.2) is 0 Å². The van der Waals surface area contributed by atoms with Gasteiger partial charge in [-0.05, 0) is 37.2 Å². The third kappa shape index (κ3) is 6.38. The van der Waals surface area contributed by atoms with Crippen LogP contribution in [0.15, 0.2) is 0 Å². The molecule has 0 saturated heterocycles. The van der Waals surface area contributed by atoms with E-state index in [2.05, 4.69) is 54.1 Å². The molecule has 1 aliphatic rings. The van der Waals surface area contributed by atoms with Crippen molar-refractivity contribution < 1.29 is 15.2 Å². The van der Waals surface area contributed by atoms with Gasteiger partial charge in [0.25, 0.3) is 0 Å². The summed E-state index contributed by atoms with van der Waals surface area (Å²) in [5.41, 5.74) is 5.79. The molecular weight excluding hydrogens is 372 g/mol. The molecule has 0 spiro atoms. The van der Waals surface area contributed by atoms with Gasteiger partial charge < -0.3 is 14.8 Å². The Balaban J connectivity index is 0. The first kappa shape index (κ1) is 27.2. The Kier molecular flexibility index (Phi) is 10.6. The van der Waals surface area contributed by atoms with Gasteiger partial charge in [-0.1, -0.05) is 61.8 Å². The fourth-order valence-corrected chi connectivity index (χ4v) is 4.26. The summed E-state index contributed by atoms with van der Waals surface area (Å²) in [6.45, 7) is 16.7. The van der Waals surface area contributed by atoms with Crippen molar-refractivity contribution >= 4 is 22.1 Å². The molecule has 1 saturated carbocycles. The van der Waals surface area contributed by atoms with E-state index in [4.69, 9.17) is 9.92 Å². The van der Waals surface area contributed by atoms with Crippen molar-refractivity contribution in [2.75, 3.05) is 19.6 Å². The normalized spacial score (nSPS) is 23.4. The molecule has 4 unspecified atom stereocenters. The number of carbonyl (C=O) groups excluding carboxylic acids is 2. The molecule has 170 valence electrons. The third-order valence-corrected chi connectivity index (χ3v) is 9.99. The lowest BCUT2D eigenvalue weighted by Gasteiger charge is -2.49. The van der Waals surface area contributed by atoms with E-state index < -0.39 is 28.4 Å². The number of likely N-dealkylation sites (N-methyl/N-ethyl adjacent to an activating group) is 1. The van der Waals surface area contributed by atoms with Crippen LogP contribution in [0.3, 0.4) is 0 Å². The van der Waals surface area contributed by atoms with Crippen LogP contribution in [0.4, 0.5) is 0 Å². The van der Waals surface area contributed by atoms with Crippen LogP contribution < -0.4 is 5.73 Å². The molecule has 1 rings (SSSR count). The zero-order valence-electron chi connectivity index (χ0n) is 20.2. The molecule has 0 aliphatic heterocycles. The lowest BCUT2D eigenvalue weighted by atomic mass is 9.74. The van der Waals surface area contributed by atoms with E-state index in [1.807, 2.05) is 13.8 Å². The number of hydrogen-bond acceptors (Lipinski definition) is 3. The molecule has 6 heteroatoms. The molecule has 1 aliphatic carbocycles. The number of primary amides is 1. The summed E-state index contributed by atoms with van der Waals surface area (Å²) in [5.74, 6) is 0.0337. The van der Waals surface area contributed by atoms with Crippen molar-refractivity contribution in [2.24, 2.45) is 23.5 Å². The summed E-state index contributed by atoms with van der Waals surface area (Å²) in [6, 6.07) is -0.737. The molecular formula is C22H48N2O3S. The van der Waals surface area contributed by atoms with Gasteiger partial charge in [-0.3, -0.25) is 9.59 Å². The molecule has 0 aromatic rings. The highest BCUT2D eigenvalue weighted by atomic mass is 32.3. The van der Waals surface area contributed by atoms with Crippen molar-refractivity contribution in [3.05, 3.63) is 0 Å². The first-order valence-corrected chi connectivity index (χ1v) is 13.1. The van der Waals surface area contributed by atoms with Gasteiger partial charge in [0.1, 0.15) is 12.1 Å². The number of hydrogen-bond donors (Lipinski definition) is 1. The maximum absolute atomic E-state index is 12.9. The Bertz CT molecular complexity index is 523.